The minimum atomic E-state index is 0.00669. The first-order valence-electron chi connectivity index (χ1n) is 6.04. The fourth-order valence-electron chi connectivity index (χ4n) is 1.62. The Balaban J connectivity index is 2.30. The van der Waals surface area contributed by atoms with Gasteiger partial charge in [-0.1, -0.05) is 24.6 Å². The van der Waals surface area contributed by atoms with Gasteiger partial charge in [-0.25, -0.2) is 0 Å². The third-order valence-electron chi connectivity index (χ3n) is 2.70. The summed E-state index contributed by atoms with van der Waals surface area (Å²) in [5.74, 6) is 1.21. The second-order valence-electron chi connectivity index (χ2n) is 4.53. The van der Waals surface area contributed by atoms with Crippen molar-refractivity contribution >= 4 is 17.5 Å². The van der Waals surface area contributed by atoms with Crippen LogP contribution in [0.3, 0.4) is 0 Å². The molecule has 1 amide bonds. The molecule has 1 unspecified atom stereocenters. The molecule has 0 aliphatic carbocycles. The van der Waals surface area contributed by atoms with Crippen LogP contribution in [-0.2, 0) is 0 Å². The SMILES string of the molecule is Cc1cccc(C(=O)NCCCC(C)CCl)c1. The van der Waals surface area contributed by atoms with Crippen molar-refractivity contribution < 1.29 is 4.79 Å². The molecule has 0 fully saturated rings. The van der Waals surface area contributed by atoms with Crippen molar-refractivity contribution in [2.45, 2.75) is 26.7 Å². The third-order valence-corrected chi connectivity index (χ3v) is 3.23. The number of nitrogens with one attached hydrogen (secondary N) is 1. The minimum Gasteiger partial charge on any atom is -0.352 e. The molecule has 0 radical (unpaired) electrons. The largest absolute Gasteiger partial charge is 0.352 e. The summed E-state index contributed by atoms with van der Waals surface area (Å²) in [4.78, 5) is 11.8. The lowest BCUT2D eigenvalue weighted by molar-refractivity contribution is 0.0952. The molecule has 3 heteroatoms. The molecule has 0 aliphatic rings. The van der Waals surface area contributed by atoms with Gasteiger partial charge in [0, 0.05) is 18.0 Å². The molecule has 0 aliphatic heterocycles. The number of halogens is 1. The van der Waals surface area contributed by atoms with E-state index < -0.39 is 0 Å². The molecule has 0 saturated carbocycles. The van der Waals surface area contributed by atoms with Gasteiger partial charge in [-0.05, 0) is 37.8 Å². The Bertz CT molecular complexity index is 365. The fraction of sp³-hybridized carbons (Fsp3) is 0.500. The van der Waals surface area contributed by atoms with E-state index >= 15 is 0 Å². The fourth-order valence-corrected chi connectivity index (χ4v) is 1.77. The summed E-state index contributed by atoms with van der Waals surface area (Å²) >= 11 is 5.72. The Hall–Kier alpha value is -1.02. The second kappa shape index (κ2) is 7.33. The second-order valence-corrected chi connectivity index (χ2v) is 4.84. The first-order chi connectivity index (χ1) is 8.13. The number of hydrogen-bond acceptors (Lipinski definition) is 1. The number of carbonyl (C=O) groups is 1. The first kappa shape index (κ1) is 14.0. The van der Waals surface area contributed by atoms with Crippen LogP contribution in [0.15, 0.2) is 24.3 Å². The molecule has 0 aromatic heterocycles. The number of benzene rings is 1. The molecule has 94 valence electrons. The lowest BCUT2D eigenvalue weighted by atomic mass is 10.1. The van der Waals surface area contributed by atoms with Crippen LogP contribution in [0.4, 0.5) is 0 Å². The molecular weight excluding hydrogens is 234 g/mol. The molecule has 17 heavy (non-hydrogen) atoms. The van der Waals surface area contributed by atoms with Crippen molar-refractivity contribution in [3.05, 3.63) is 35.4 Å². The summed E-state index contributed by atoms with van der Waals surface area (Å²) in [7, 11) is 0. The topological polar surface area (TPSA) is 29.1 Å². The van der Waals surface area contributed by atoms with E-state index in [4.69, 9.17) is 11.6 Å². The summed E-state index contributed by atoms with van der Waals surface area (Å²) in [6.07, 6.45) is 2.03. The third kappa shape index (κ3) is 5.22. The molecule has 1 aromatic rings. The van der Waals surface area contributed by atoms with Gasteiger partial charge in [0.15, 0.2) is 0 Å². The molecule has 0 heterocycles. The highest BCUT2D eigenvalue weighted by molar-refractivity contribution is 6.18. The summed E-state index contributed by atoms with van der Waals surface area (Å²) < 4.78 is 0. The molecule has 1 aromatic carbocycles. The van der Waals surface area contributed by atoms with Gasteiger partial charge in [0.05, 0.1) is 0 Å². The Kier molecular flexibility index (Phi) is 6.06. The molecular formula is C14H20ClNO. The van der Waals surface area contributed by atoms with E-state index in [0.717, 1.165) is 24.0 Å². The molecule has 2 nitrogen and oxygen atoms in total. The summed E-state index contributed by atoms with van der Waals surface area (Å²) in [6.45, 7) is 4.82. The average molecular weight is 254 g/mol. The normalized spacial score (nSPS) is 12.2. The maximum Gasteiger partial charge on any atom is 0.251 e. The minimum absolute atomic E-state index is 0.00669. The average Bonchev–Trinajstić information content (AvgIpc) is 2.34. The predicted molar refractivity (Wildman–Crippen MR) is 72.6 cm³/mol. The summed E-state index contributed by atoms with van der Waals surface area (Å²) in [6, 6.07) is 7.62. The lowest BCUT2D eigenvalue weighted by Crippen LogP contribution is -2.24. The molecule has 0 saturated heterocycles. The van der Waals surface area contributed by atoms with Gasteiger partial charge in [-0.2, -0.15) is 0 Å². The van der Waals surface area contributed by atoms with Gasteiger partial charge in [-0.15, -0.1) is 11.6 Å². The van der Waals surface area contributed by atoms with Crippen LogP contribution in [0.5, 0.6) is 0 Å². The Morgan fingerprint density at radius 2 is 2.24 bits per heavy atom. The van der Waals surface area contributed by atoms with Crippen molar-refractivity contribution in [3.8, 4) is 0 Å². The zero-order valence-corrected chi connectivity index (χ0v) is 11.3. The van der Waals surface area contributed by atoms with Crippen molar-refractivity contribution in [1.82, 2.24) is 5.32 Å². The van der Waals surface area contributed by atoms with E-state index in [-0.39, 0.29) is 5.91 Å². The summed E-state index contributed by atoms with van der Waals surface area (Å²) in [5.41, 5.74) is 1.84. The monoisotopic (exact) mass is 253 g/mol. The quantitative estimate of drug-likeness (QED) is 0.611. The van der Waals surface area contributed by atoms with Crippen LogP contribution in [0.2, 0.25) is 0 Å². The maximum absolute atomic E-state index is 11.8. The highest BCUT2D eigenvalue weighted by atomic mass is 35.5. The van der Waals surface area contributed by atoms with E-state index in [9.17, 15) is 4.79 Å². The van der Waals surface area contributed by atoms with Crippen LogP contribution in [-0.4, -0.2) is 18.3 Å². The highest BCUT2D eigenvalue weighted by Gasteiger charge is 2.05. The van der Waals surface area contributed by atoms with E-state index in [0.29, 0.717) is 18.3 Å². The molecule has 0 spiro atoms. The number of aryl methyl sites for hydroxylation is 1. The van der Waals surface area contributed by atoms with Crippen molar-refractivity contribution in [2.75, 3.05) is 12.4 Å². The van der Waals surface area contributed by atoms with E-state index in [2.05, 4.69) is 12.2 Å². The van der Waals surface area contributed by atoms with Crippen LogP contribution < -0.4 is 5.32 Å². The smallest absolute Gasteiger partial charge is 0.251 e. The molecule has 1 N–H and O–H groups in total. The van der Waals surface area contributed by atoms with Crippen LogP contribution >= 0.6 is 11.6 Å². The standard InChI is InChI=1S/C14H20ClNO/c1-11-5-3-7-13(9-11)14(17)16-8-4-6-12(2)10-15/h3,5,7,9,12H,4,6,8,10H2,1-2H3,(H,16,17). The number of carbonyl (C=O) groups excluding carboxylic acids is 1. The zero-order chi connectivity index (χ0) is 12.7. The van der Waals surface area contributed by atoms with Crippen LogP contribution in [0.25, 0.3) is 0 Å². The maximum atomic E-state index is 11.8. The van der Waals surface area contributed by atoms with Gasteiger partial charge in [-0.3, -0.25) is 4.79 Å². The van der Waals surface area contributed by atoms with Gasteiger partial charge >= 0.3 is 0 Å². The Morgan fingerprint density at radius 1 is 1.47 bits per heavy atom. The van der Waals surface area contributed by atoms with Crippen molar-refractivity contribution in [2.24, 2.45) is 5.92 Å². The van der Waals surface area contributed by atoms with Gasteiger partial charge in [0.1, 0.15) is 0 Å². The number of alkyl halides is 1. The van der Waals surface area contributed by atoms with Gasteiger partial charge in [0.2, 0.25) is 0 Å². The molecule has 1 atom stereocenters. The Morgan fingerprint density at radius 3 is 2.88 bits per heavy atom. The van der Waals surface area contributed by atoms with E-state index in [1.165, 1.54) is 0 Å². The van der Waals surface area contributed by atoms with E-state index in [1.54, 1.807) is 0 Å². The van der Waals surface area contributed by atoms with Gasteiger partial charge in [0.25, 0.3) is 5.91 Å². The Labute approximate surface area is 108 Å². The van der Waals surface area contributed by atoms with E-state index in [1.807, 2.05) is 31.2 Å². The van der Waals surface area contributed by atoms with Crippen LogP contribution in [0, 0.1) is 12.8 Å². The molecule has 1 rings (SSSR count). The number of amides is 1. The van der Waals surface area contributed by atoms with Gasteiger partial charge < -0.3 is 5.32 Å². The summed E-state index contributed by atoms with van der Waals surface area (Å²) in [5, 5.41) is 2.92. The van der Waals surface area contributed by atoms with Crippen LogP contribution in [0.1, 0.15) is 35.7 Å². The highest BCUT2D eigenvalue weighted by Crippen LogP contribution is 2.07. The number of hydrogen-bond donors (Lipinski definition) is 1. The number of rotatable bonds is 6. The lowest BCUT2D eigenvalue weighted by Gasteiger charge is -2.08. The first-order valence-corrected chi connectivity index (χ1v) is 6.57. The molecule has 0 bridgehead atoms. The van der Waals surface area contributed by atoms with Crippen molar-refractivity contribution in [3.63, 3.8) is 0 Å². The zero-order valence-electron chi connectivity index (χ0n) is 10.5. The predicted octanol–water partition coefficient (Wildman–Crippen LogP) is 3.38. The van der Waals surface area contributed by atoms with Crippen molar-refractivity contribution in [1.29, 1.82) is 0 Å².